The quantitative estimate of drug-likeness (QED) is 0.407. The largest absolute Gasteiger partial charge is 0.285 e. The van der Waals surface area contributed by atoms with Gasteiger partial charge in [-0.25, -0.2) is 0 Å². The molecule has 0 aromatic carbocycles. The van der Waals surface area contributed by atoms with Crippen LogP contribution in [-0.4, -0.2) is 32.5 Å². The second-order valence-electron chi connectivity index (χ2n) is 1.18. The van der Waals surface area contributed by atoms with E-state index >= 15 is 0 Å². The molecule has 0 bridgehead atoms. The van der Waals surface area contributed by atoms with Crippen LogP contribution in [0, 0.1) is 0 Å². The van der Waals surface area contributed by atoms with Crippen molar-refractivity contribution in [3.8, 4) is 0 Å². The van der Waals surface area contributed by atoms with Crippen molar-refractivity contribution in [2.24, 2.45) is 0 Å². The van der Waals surface area contributed by atoms with E-state index in [4.69, 9.17) is 4.55 Å². The Kier molecular flexibility index (Phi) is 2.82. The molecule has 0 aromatic heterocycles. The fourth-order valence-electron chi connectivity index (χ4n) is 0.142. The van der Waals surface area contributed by atoms with Crippen LogP contribution < -0.4 is 0 Å². The van der Waals surface area contributed by atoms with E-state index in [-0.39, 0.29) is 0 Å². The highest BCUT2D eigenvalue weighted by atomic mass is 32.2. The van der Waals surface area contributed by atoms with E-state index < -0.39 is 26.2 Å². The van der Waals surface area contributed by atoms with E-state index in [0.29, 0.717) is 5.37 Å². The minimum atomic E-state index is -4.17. The maximum Gasteiger partial charge on any atom is 0.269 e. The zero-order valence-corrected chi connectivity index (χ0v) is 5.81. The van der Waals surface area contributed by atoms with E-state index in [0.717, 1.165) is 0 Å². The minimum Gasteiger partial charge on any atom is -0.285 e. The zero-order chi connectivity index (χ0) is 7.49. The lowest BCUT2D eigenvalue weighted by Gasteiger charge is -1.81. The highest BCUT2D eigenvalue weighted by Gasteiger charge is 1.99. The Morgan fingerprint density at radius 2 is 1.89 bits per heavy atom. The van der Waals surface area contributed by atoms with Crippen molar-refractivity contribution < 1.29 is 21.4 Å². The molecule has 0 aliphatic carbocycles. The maximum atomic E-state index is 9.79. The van der Waals surface area contributed by atoms with Gasteiger partial charge < -0.3 is 0 Å². The van der Waals surface area contributed by atoms with Crippen molar-refractivity contribution in [1.29, 1.82) is 0 Å². The maximum absolute atomic E-state index is 9.79. The Morgan fingerprint density at radius 1 is 1.44 bits per heavy atom. The summed E-state index contributed by atoms with van der Waals surface area (Å²) in [5.41, 5.74) is 0. The first-order valence-electron chi connectivity index (χ1n) is 1.78. The third kappa shape index (κ3) is 7.60. The molecule has 5 nitrogen and oxygen atoms in total. The van der Waals surface area contributed by atoms with Gasteiger partial charge >= 0.3 is 0 Å². The van der Waals surface area contributed by atoms with Gasteiger partial charge in [0, 0.05) is 0 Å². The predicted molar refractivity (Wildman–Crippen MR) is 31.4 cm³/mol. The van der Waals surface area contributed by atoms with E-state index in [1.54, 1.807) is 0 Å². The van der Waals surface area contributed by atoms with Gasteiger partial charge in [-0.1, -0.05) is 0 Å². The van der Waals surface area contributed by atoms with Crippen LogP contribution in [0.2, 0.25) is 0 Å². The molecular formula is C2H4O5S2. The monoisotopic (exact) mass is 172 g/mol. The minimum absolute atomic E-state index is 0.454. The Morgan fingerprint density at radius 3 is 2.00 bits per heavy atom. The lowest BCUT2D eigenvalue weighted by Crippen LogP contribution is -2.04. The third-order valence-corrected chi connectivity index (χ3v) is 1.65. The average molecular weight is 172 g/mol. The Hall–Kier alpha value is -0.400. The molecule has 0 saturated heterocycles. The second kappa shape index (κ2) is 2.95. The standard InChI is InChI=1S/C2H4O5S2/c3-8(4)1-2-9(5,6)7/h1H,2H2,(H,5,6,7). The fraction of sp³-hybridized carbons (Fsp3) is 0.500. The summed E-state index contributed by atoms with van der Waals surface area (Å²) in [5.74, 6) is -0.858. The molecule has 0 aromatic rings. The van der Waals surface area contributed by atoms with E-state index in [1.807, 2.05) is 0 Å². The lowest BCUT2D eigenvalue weighted by atomic mass is 11.0. The molecule has 0 aliphatic heterocycles. The average Bonchev–Trinajstić information content (AvgIpc) is 1.59. The van der Waals surface area contributed by atoms with Crippen LogP contribution in [0.25, 0.3) is 0 Å². The summed E-state index contributed by atoms with van der Waals surface area (Å²) in [7, 11) is -6.69. The van der Waals surface area contributed by atoms with Crippen molar-refractivity contribution in [2.45, 2.75) is 0 Å². The molecular weight excluding hydrogens is 168 g/mol. The van der Waals surface area contributed by atoms with Crippen molar-refractivity contribution in [3.63, 3.8) is 0 Å². The van der Waals surface area contributed by atoms with Crippen molar-refractivity contribution in [2.75, 3.05) is 5.75 Å². The molecule has 7 heteroatoms. The van der Waals surface area contributed by atoms with Crippen molar-refractivity contribution in [3.05, 3.63) is 0 Å². The van der Waals surface area contributed by atoms with Gasteiger partial charge in [0.1, 0.15) is 5.75 Å². The fourth-order valence-corrected chi connectivity index (χ4v) is 1.27. The Bertz CT molecular complexity index is 284. The molecule has 9 heavy (non-hydrogen) atoms. The van der Waals surface area contributed by atoms with Gasteiger partial charge in [-0.2, -0.15) is 16.8 Å². The smallest absolute Gasteiger partial charge is 0.269 e. The molecule has 0 fully saturated rings. The molecule has 54 valence electrons. The van der Waals surface area contributed by atoms with Crippen LogP contribution in [0.15, 0.2) is 0 Å². The van der Waals surface area contributed by atoms with Crippen LogP contribution in [0.1, 0.15) is 0 Å². The first-order valence-corrected chi connectivity index (χ1v) is 4.53. The number of rotatable bonds is 2. The first-order chi connectivity index (χ1) is 3.92. The van der Waals surface area contributed by atoms with E-state index in [9.17, 15) is 16.8 Å². The summed E-state index contributed by atoms with van der Waals surface area (Å²) >= 11 is 0. The molecule has 0 saturated carbocycles. The molecule has 0 rings (SSSR count). The third-order valence-electron chi connectivity index (χ3n) is 0.415. The first kappa shape index (κ1) is 8.60. The molecule has 0 spiro atoms. The second-order valence-corrected chi connectivity index (χ2v) is 3.53. The number of hydrogen-bond acceptors (Lipinski definition) is 4. The van der Waals surface area contributed by atoms with Gasteiger partial charge in [-0.05, 0) is 0 Å². The van der Waals surface area contributed by atoms with Gasteiger partial charge in [0.2, 0.25) is 10.3 Å². The number of hydrogen-bond donors (Lipinski definition) is 1. The van der Waals surface area contributed by atoms with Gasteiger partial charge in [0.25, 0.3) is 10.1 Å². The van der Waals surface area contributed by atoms with Gasteiger partial charge in [-0.15, -0.1) is 0 Å². The molecule has 0 radical (unpaired) electrons. The molecule has 0 unspecified atom stereocenters. The topological polar surface area (TPSA) is 88.5 Å². The summed E-state index contributed by atoms with van der Waals surface area (Å²) in [4.78, 5) is 0. The van der Waals surface area contributed by atoms with Crippen LogP contribution in [0.5, 0.6) is 0 Å². The normalized spacial score (nSPS) is 10.8. The Balaban J connectivity index is 4.29. The summed E-state index contributed by atoms with van der Waals surface area (Å²) < 4.78 is 46.7. The van der Waals surface area contributed by atoms with Crippen molar-refractivity contribution in [1.82, 2.24) is 0 Å². The molecule has 0 amide bonds. The lowest BCUT2D eigenvalue weighted by molar-refractivity contribution is 0.488. The SMILES string of the molecule is O=S(=O)=CCS(=O)(=O)O. The van der Waals surface area contributed by atoms with E-state index in [1.165, 1.54) is 0 Å². The van der Waals surface area contributed by atoms with E-state index in [2.05, 4.69) is 0 Å². The highest BCUT2D eigenvalue weighted by molar-refractivity contribution is 7.87. The van der Waals surface area contributed by atoms with Gasteiger partial charge in [0.15, 0.2) is 0 Å². The Labute approximate surface area is 53.6 Å². The summed E-state index contributed by atoms with van der Waals surface area (Å²) in [5, 5.41) is 0.454. The van der Waals surface area contributed by atoms with Gasteiger partial charge in [0.05, 0.1) is 5.37 Å². The van der Waals surface area contributed by atoms with Crippen molar-refractivity contribution >= 4 is 25.8 Å². The van der Waals surface area contributed by atoms with Gasteiger partial charge in [-0.3, -0.25) is 4.55 Å². The zero-order valence-electron chi connectivity index (χ0n) is 4.18. The van der Waals surface area contributed by atoms with Crippen LogP contribution in [0.3, 0.4) is 0 Å². The molecule has 0 atom stereocenters. The highest BCUT2D eigenvalue weighted by Crippen LogP contribution is 1.74. The molecule has 0 aliphatic rings. The summed E-state index contributed by atoms with van der Waals surface area (Å²) in [6, 6.07) is 0. The van der Waals surface area contributed by atoms with Crippen LogP contribution in [-0.2, 0) is 20.4 Å². The van der Waals surface area contributed by atoms with Crippen LogP contribution in [0.4, 0.5) is 0 Å². The summed E-state index contributed by atoms with van der Waals surface area (Å²) in [6.07, 6.45) is 0. The molecule has 0 heterocycles. The van der Waals surface area contributed by atoms with Crippen LogP contribution >= 0.6 is 0 Å². The predicted octanol–water partition coefficient (Wildman–Crippen LogP) is -1.44. The summed E-state index contributed by atoms with van der Waals surface area (Å²) in [6.45, 7) is 0. The molecule has 1 N–H and O–H groups in total.